The molecule has 3 aliphatic rings. The summed E-state index contributed by atoms with van der Waals surface area (Å²) in [5, 5.41) is 50.3. The number of aliphatic hydroxyl groups excluding tert-OH is 2. The molecular weight excluding hydrogens is 508 g/mol. The minimum atomic E-state index is -2.64. The lowest BCUT2D eigenvalue weighted by Crippen LogP contribution is -2.58. The summed E-state index contributed by atoms with van der Waals surface area (Å²) in [5.41, 5.74) is 2.15. The zero-order chi connectivity index (χ0) is 29.2. The van der Waals surface area contributed by atoms with Crippen molar-refractivity contribution in [1.29, 1.82) is 0 Å². The van der Waals surface area contributed by atoms with Crippen LogP contribution in [0, 0.1) is 11.8 Å². The van der Waals surface area contributed by atoms with Gasteiger partial charge in [-0.1, -0.05) is 0 Å². The van der Waals surface area contributed by atoms with Crippen molar-refractivity contribution in [3.8, 4) is 5.75 Å². The predicted molar refractivity (Wildman–Crippen MR) is 142 cm³/mol. The van der Waals surface area contributed by atoms with Crippen LogP contribution < -0.4 is 21.3 Å². The maximum Gasteiger partial charge on any atom is 0.255 e. The van der Waals surface area contributed by atoms with Gasteiger partial charge in [-0.15, -0.1) is 0 Å². The van der Waals surface area contributed by atoms with Crippen LogP contribution in [-0.2, 0) is 25.6 Å². The highest BCUT2D eigenvalue weighted by Gasteiger charge is 2.60. The van der Waals surface area contributed by atoms with Crippen LogP contribution in [0.25, 0.3) is 5.76 Å². The number of aromatic hydroxyl groups is 1. The number of anilines is 2. The Morgan fingerprint density at radius 1 is 1.15 bits per heavy atom. The number of hydrogen-bond donors (Lipinski definition) is 7. The number of ketones is 2. The lowest BCUT2D eigenvalue weighted by molar-refractivity contribution is -0.147. The first kappa shape index (κ1) is 28.1. The first-order chi connectivity index (χ1) is 18.0. The lowest BCUT2D eigenvalue weighted by Gasteiger charge is -2.46. The quantitative estimate of drug-likeness (QED) is 0.206. The fraction of sp³-hybridized carbons (Fsp3) is 0.481. The second-order valence-corrected chi connectivity index (χ2v) is 11.6. The van der Waals surface area contributed by atoms with Gasteiger partial charge in [-0.2, -0.15) is 0 Å². The Kier molecular flexibility index (Phi) is 6.76. The molecule has 210 valence electrons. The number of fused-ring (bicyclic) bond motifs is 3. The average molecular weight is 543 g/mol. The fourth-order valence-electron chi connectivity index (χ4n) is 5.70. The number of phenolic OH excluding ortho intramolecular Hbond substituents is 1. The highest BCUT2D eigenvalue weighted by Crippen LogP contribution is 2.54. The number of rotatable bonds is 5. The van der Waals surface area contributed by atoms with Crippen molar-refractivity contribution in [2.45, 2.75) is 51.2 Å². The molecule has 0 spiro atoms. The number of nitrogens with two attached hydrogens (primary N) is 1. The van der Waals surface area contributed by atoms with Crippen molar-refractivity contribution < 1.29 is 39.6 Å². The van der Waals surface area contributed by atoms with Crippen LogP contribution in [0.1, 0.15) is 44.7 Å². The van der Waals surface area contributed by atoms with Gasteiger partial charge in [0, 0.05) is 43.2 Å². The Hall–Kier alpha value is -3.90. The molecule has 3 atom stereocenters. The summed E-state index contributed by atoms with van der Waals surface area (Å²) in [5.74, 6) is -7.49. The normalized spacial score (nSPS) is 24.7. The van der Waals surface area contributed by atoms with E-state index >= 15 is 0 Å². The van der Waals surface area contributed by atoms with Crippen LogP contribution in [0.3, 0.4) is 0 Å². The number of aliphatic hydroxyl groups is 3. The number of Topliss-reactive ketones (excluding diaryl/α,β-unsaturated/α-hetero) is 2. The smallest absolute Gasteiger partial charge is 0.255 e. The molecule has 12 heteroatoms. The van der Waals surface area contributed by atoms with Gasteiger partial charge in [-0.3, -0.25) is 19.2 Å². The van der Waals surface area contributed by atoms with Gasteiger partial charge in [0.1, 0.15) is 22.8 Å². The molecule has 0 heterocycles. The van der Waals surface area contributed by atoms with Gasteiger partial charge in [-0.25, -0.2) is 0 Å². The molecular formula is C27H34N4O8. The van der Waals surface area contributed by atoms with E-state index in [1.807, 2.05) is 20.8 Å². The Bertz CT molecular complexity index is 1370. The van der Waals surface area contributed by atoms with E-state index in [1.165, 1.54) is 0 Å². The van der Waals surface area contributed by atoms with E-state index in [0.717, 1.165) is 0 Å². The maximum atomic E-state index is 13.7. The molecule has 3 aliphatic carbocycles. The molecule has 0 aliphatic heterocycles. The maximum absolute atomic E-state index is 13.7. The van der Waals surface area contributed by atoms with Crippen LogP contribution in [0.2, 0.25) is 0 Å². The number of nitrogens with zero attached hydrogens (tertiary/aromatic N) is 1. The Labute approximate surface area is 225 Å². The molecule has 1 aromatic rings. The molecule has 8 N–H and O–H groups in total. The summed E-state index contributed by atoms with van der Waals surface area (Å²) in [6.07, 6.45) is -0.190. The topological polar surface area (TPSA) is 203 Å². The van der Waals surface area contributed by atoms with Gasteiger partial charge < -0.3 is 41.7 Å². The van der Waals surface area contributed by atoms with Crippen LogP contribution in [-0.4, -0.2) is 75.6 Å². The third kappa shape index (κ3) is 4.53. The van der Waals surface area contributed by atoms with Gasteiger partial charge >= 0.3 is 0 Å². The van der Waals surface area contributed by atoms with Crippen molar-refractivity contribution in [1.82, 2.24) is 5.32 Å². The van der Waals surface area contributed by atoms with Crippen LogP contribution in [0.5, 0.6) is 5.75 Å². The third-order valence-electron chi connectivity index (χ3n) is 7.58. The molecule has 1 fully saturated rings. The molecule has 4 rings (SSSR count). The molecule has 2 amide bonds. The summed E-state index contributed by atoms with van der Waals surface area (Å²) in [6, 6.07) is 1.57. The number of benzene rings is 1. The molecule has 0 aromatic heterocycles. The van der Waals surface area contributed by atoms with Crippen LogP contribution in [0.15, 0.2) is 23.0 Å². The van der Waals surface area contributed by atoms with Crippen LogP contribution in [0.4, 0.5) is 11.4 Å². The van der Waals surface area contributed by atoms with E-state index in [9.17, 15) is 39.6 Å². The summed E-state index contributed by atoms with van der Waals surface area (Å²) < 4.78 is 0. The van der Waals surface area contributed by atoms with E-state index < -0.39 is 63.7 Å². The molecule has 1 saturated carbocycles. The summed E-state index contributed by atoms with van der Waals surface area (Å²) >= 11 is 0. The summed E-state index contributed by atoms with van der Waals surface area (Å²) in [4.78, 5) is 52.4. The van der Waals surface area contributed by atoms with Gasteiger partial charge in [0.25, 0.3) is 5.91 Å². The minimum Gasteiger partial charge on any atom is -0.508 e. The largest absolute Gasteiger partial charge is 0.508 e. The first-order valence-electron chi connectivity index (χ1n) is 12.6. The second-order valence-electron chi connectivity index (χ2n) is 11.6. The molecule has 1 unspecified atom stereocenters. The average Bonchev–Trinajstić information content (AvgIpc) is 2.80. The molecule has 39 heavy (non-hydrogen) atoms. The SMILES string of the molecule is CN(C)c1cc(NC(=O)CNC(C)(C)C)c(O)c2c1CC1C[C@H]3CC(=O)C(C(N)=O)=C(O)[C@@]3(O)C(=O)C1=C2O. The van der Waals surface area contributed by atoms with E-state index in [0.29, 0.717) is 11.3 Å². The number of carbonyl (C=O) groups excluding carboxylic acids is 4. The summed E-state index contributed by atoms with van der Waals surface area (Å²) in [7, 11) is 3.49. The van der Waals surface area contributed by atoms with Gasteiger partial charge in [0.2, 0.25) is 11.7 Å². The number of amides is 2. The van der Waals surface area contributed by atoms with E-state index in [1.54, 1.807) is 25.1 Å². The minimum absolute atomic E-state index is 0.00521. The highest BCUT2D eigenvalue weighted by molar-refractivity contribution is 6.22. The Morgan fingerprint density at radius 3 is 2.36 bits per heavy atom. The number of phenols is 1. The van der Waals surface area contributed by atoms with E-state index in [2.05, 4.69) is 10.6 Å². The number of nitrogens with one attached hydrogen (secondary N) is 2. The first-order valence-corrected chi connectivity index (χ1v) is 12.6. The predicted octanol–water partition coefficient (Wildman–Crippen LogP) is 0.817. The third-order valence-corrected chi connectivity index (χ3v) is 7.58. The summed E-state index contributed by atoms with van der Waals surface area (Å²) in [6.45, 7) is 5.62. The molecule has 12 nitrogen and oxygen atoms in total. The zero-order valence-corrected chi connectivity index (χ0v) is 22.5. The van der Waals surface area contributed by atoms with Crippen molar-refractivity contribution in [2.75, 3.05) is 30.9 Å². The molecule has 0 saturated heterocycles. The van der Waals surface area contributed by atoms with E-state index in [4.69, 9.17) is 5.73 Å². The lowest BCUT2D eigenvalue weighted by atomic mass is 9.59. The van der Waals surface area contributed by atoms with Gasteiger partial charge in [-0.05, 0) is 51.2 Å². The van der Waals surface area contributed by atoms with Gasteiger partial charge in [0.15, 0.2) is 11.4 Å². The van der Waals surface area contributed by atoms with Crippen LogP contribution >= 0.6 is 0 Å². The second kappa shape index (κ2) is 9.38. The number of hydrogen-bond acceptors (Lipinski definition) is 10. The number of carbonyl (C=O) groups is 4. The van der Waals surface area contributed by atoms with E-state index in [-0.39, 0.29) is 48.2 Å². The molecule has 1 aromatic carbocycles. The van der Waals surface area contributed by atoms with Crippen molar-refractivity contribution in [3.63, 3.8) is 0 Å². The van der Waals surface area contributed by atoms with Crippen molar-refractivity contribution >= 4 is 40.5 Å². The Morgan fingerprint density at radius 2 is 1.79 bits per heavy atom. The molecule has 0 radical (unpaired) electrons. The molecule has 0 bridgehead atoms. The van der Waals surface area contributed by atoms with Crippen molar-refractivity contribution in [3.05, 3.63) is 34.1 Å². The zero-order valence-electron chi connectivity index (χ0n) is 22.5. The number of primary amides is 1. The standard InChI is InChI=1S/C27H34N4O8/c1-26(2,3)29-10-17(33)30-14-9-15(31(4)5)13-7-11-6-12-8-16(32)20(25(28)38)24(37)27(12,39)23(36)18(11)22(35)19(13)21(14)34/h9,11-12,29,34-35,37,39H,6-8,10H2,1-5H3,(H2,28,38)(H,30,33)/t11?,12-,27-/m0/s1. The van der Waals surface area contributed by atoms with Crippen molar-refractivity contribution in [2.24, 2.45) is 17.6 Å². The fourth-order valence-corrected chi connectivity index (χ4v) is 5.70. The monoisotopic (exact) mass is 542 g/mol. The highest BCUT2D eigenvalue weighted by atomic mass is 16.3. The Balaban J connectivity index is 1.84. The van der Waals surface area contributed by atoms with Gasteiger partial charge in [0.05, 0.1) is 17.8 Å².